The summed E-state index contributed by atoms with van der Waals surface area (Å²) in [6.07, 6.45) is 0. The second kappa shape index (κ2) is 5.23. The molecule has 0 aliphatic carbocycles. The third-order valence-electron chi connectivity index (χ3n) is 2.63. The van der Waals surface area contributed by atoms with Crippen molar-refractivity contribution in [2.24, 2.45) is 0 Å². The molecule has 1 aromatic carbocycles. The van der Waals surface area contributed by atoms with Gasteiger partial charge in [-0.3, -0.25) is 0 Å². The van der Waals surface area contributed by atoms with E-state index in [1.165, 1.54) is 20.3 Å². The minimum Gasteiger partial charge on any atom is -0.493 e. The van der Waals surface area contributed by atoms with Crippen LogP contribution in [0.2, 0.25) is 0 Å². The van der Waals surface area contributed by atoms with Crippen molar-refractivity contribution in [2.45, 2.75) is 19.3 Å². The number of methoxy groups -OCH3 is 2. The summed E-state index contributed by atoms with van der Waals surface area (Å²) in [5.41, 5.74) is -0.0844. The number of aliphatic hydroxyl groups is 1. The molecule has 5 heteroatoms. The fourth-order valence-electron chi connectivity index (χ4n) is 1.62. The van der Waals surface area contributed by atoms with Crippen LogP contribution in [0.15, 0.2) is 10.5 Å². The van der Waals surface area contributed by atoms with Crippen LogP contribution in [0.1, 0.15) is 19.4 Å². The molecule has 0 unspecified atom stereocenters. The predicted molar refractivity (Wildman–Crippen MR) is 67.3 cm³/mol. The van der Waals surface area contributed by atoms with Gasteiger partial charge in [0.05, 0.1) is 25.3 Å². The number of benzene rings is 1. The van der Waals surface area contributed by atoms with E-state index in [0.29, 0.717) is 17.1 Å². The van der Waals surface area contributed by atoms with Crippen molar-refractivity contribution in [1.82, 2.24) is 0 Å². The fourth-order valence-corrected chi connectivity index (χ4v) is 2.46. The molecule has 0 bridgehead atoms. The molecule has 0 aliphatic heterocycles. The van der Waals surface area contributed by atoms with Crippen LogP contribution in [-0.2, 0) is 5.41 Å². The number of ether oxygens (including phenoxy) is 2. The second-order valence-corrected chi connectivity index (χ2v) is 5.12. The zero-order valence-electron chi connectivity index (χ0n) is 10.3. The average Bonchev–Trinajstić information content (AvgIpc) is 2.31. The Morgan fingerprint density at radius 1 is 1.35 bits per heavy atom. The highest BCUT2D eigenvalue weighted by Crippen LogP contribution is 2.44. The van der Waals surface area contributed by atoms with Crippen LogP contribution in [0.3, 0.4) is 0 Å². The summed E-state index contributed by atoms with van der Waals surface area (Å²) >= 11 is 3.19. The Labute approximate surface area is 109 Å². The quantitative estimate of drug-likeness (QED) is 0.929. The zero-order chi connectivity index (χ0) is 13.2. The Bertz CT molecular complexity index is 419. The van der Waals surface area contributed by atoms with Crippen molar-refractivity contribution in [3.63, 3.8) is 0 Å². The third-order valence-corrected chi connectivity index (χ3v) is 3.41. The number of rotatable bonds is 4. The highest BCUT2D eigenvalue weighted by Gasteiger charge is 2.30. The van der Waals surface area contributed by atoms with Crippen molar-refractivity contribution in [1.29, 1.82) is 0 Å². The summed E-state index contributed by atoms with van der Waals surface area (Å²) in [4.78, 5) is 0. The molecule has 0 saturated carbocycles. The molecule has 0 aromatic heterocycles. The van der Waals surface area contributed by atoms with Crippen LogP contribution in [0.25, 0.3) is 0 Å². The molecule has 0 atom stereocenters. The van der Waals surface area contributed by atoms with Gasteiger partial charge in [-0.15, -0.1) is 0 Å². The van der Waals surface area contributed by atoms with Gasteiger partial charge in [-0.2, -0.15) is 0 Å². The third kappa shape index (κ3) is 2.55. The molecule has 0 radical (unpaired) electrons. The maximum atomic E-state index is 13.7. The van der Waals surface area contributed by atoms with Gasteiger partial charge in [-0.05, 0) is 15.9 Å². The van der Waals surface area contributed by atoms with Crippen molar-refractivity contribution in [2.75, 3.05) is 20.8 Å². The molecular formula is C12H16BrFO3. The summed E-state index contributed by atoms with van der Waals surface area (Å²) in [5, 5.41) is 9.41. The van der Waals surface area contributed by atoms with Crippen LogP contribution < -0.4 is 9.47 Å². The first-order chi connectivity index (χ1) is 7.88. The van der Waals surface area contributed by atoms with Crippen molar-refractivity contribution in [3.05, 3.63) is 21.9 Å². The van der Waals surface area contributed by atoms with E-state index >= 15 is 0 Å². The SMILES string of the molecule is COc1cc(F)c(Br)c(C(C)(C)CO)c1OC. The van der Waals surface area contributed by atoms with E-state index < -0.39 is 11.2 Å². The molecule has 0 fully saturated rings. The van der Waals surface area contributed by atoms with Crippen LogP contribution in [0, 0.1) is 5.82 Å². The summed E-state index contributed by atoms with van der Waals surface area (Å²) in [6, 6.07) is 1.25. The minimum absolute atomic E-state index is 0.130. The Kier molecular flexibility index (Phi) is 4.38. The first-order valence-corrected chi connectivity index (χ1v) is 5.89. The smallest absolute Gasteiger partial charge is 0.165 e. The van der Waals surface area contributed by atoms with Crippen molar-refractivity contribution >= 4 is 15.9 Å². The lowest BCUT2D eigenvalue weighted by Crippen LogP contribution is -2.24. The van der Waals surface area contributed by atoms with E-state index in [2.05, 4.69) is 15.9 Å². The molecule has 1 aromatic rings. The number of halogens is 2. The topological polar surface area (TPSA) is 38.7 Å². The van der Waals surface area contributed by atoms with Gasteiger partial charge in [0, 0.05) is 17.0 Å². The lowest BCUT2D eigenvalue weighted by molar-refractivity contribution is 0.212. The molecule has 3 nitrogen and oxygen atoms in total. The molecule has 17 heavy (non-hydrogen) atoms. The normalized spacial score (nSPS) is 11.5. The van der Waals surface area contributed by atoms with Gasteiger partial charge in [0.25, 0.3) is 0 Å². The van der Waals surface area contributed by atoms with E-state index in [0.717, 1.165) is 0 Å². The van der Waals surface area contributed by atoms with Gasteiger partial charge in [0.1, 0.15) is 5.82 Å². The predicted octanol–water partition coefficient (Wildman–Crippen LogP) is 2.88. The number of hydrogen-bond acceptors (Lipinski definition) is 3. The second-order valence-electron chi connectivity index (χ2n) is 4.32. The highest BCUT2D eigenvalue weighted by molar-refractivity contribution is 9.10. The van der Waals surface area contributed by atoms with Gasteiger partial charge in [0.2, 0.25) is 0 Å². The first-order valence-electron chi connectivity index (χ1n) is 5.10. The molecule has 96 valence electrons. The van der Waals surface area contributed by atoms with Gasteiger partial charge < -0.3 is 14.6 Å². The number of hydrogen-bond donors (Lipinski definition) is 1. The Hall–Kier alpha value is -0.810. The summed E-state index contributed by atoms with van der Waals surface area (Å²) in [6.45, 7) is 3.47. The Morgan fingerprint density at radius 2 is 1.94 bits per heavy atom. The summed E-state index contributed by atoms with van der Waals surface area (Å²) in [7, 11) is 2.93. The maximum absolute atomic E-state index is 13.7. The Morgan fingerprint density at radius 3 is 2.35 bits per heavy atom. The van der Waals surface area contributed by atoms with Gasteiger partial charge in [0.15, 0.2) is 11.5 Å². The monoisotopic (exact) mass is 306 g/mol. The maximum Gasteiger partial charge on any atom is 0.165 e. The lowest BCUT2D eigenvalue weighted by atomic mass is 9.84. The van der Waals surface area contributed by atoms with E-state index in [4.69, 9.17) is 9.47 Å². The highest BCUT2D eigenvalue weighted by atomic mass is 79.9. The van der Waals surface area contributed by atoms with Crippen LogP contribution in [0.5, 0.6) is 11.5 Å². The Balaban J connectivity index is 3.60. The molecule has 0 amide bonds. The largest absolute Gasteiger partial charge is 0.493 e. The molecule has 0 spiro atoms. The fraction of sp³-hybridized carbons (Fsp3) is 0.500. The molecular weight excluding hydrogens is 291 g/mol. The molecule has 1 rings (SSSR count). The molecule has 1 N–H and O–H groups in total. The van der Waals surface area contributed by atoms with E-state index in [9.17, 15) is 9.50 Å². The van der Waals surface area contributed by atoms with Gasteiger partial charge in [-0.1, -0.05) is 13.8 Å². The van der Waals surface area contributed by atoms with E-state index in [1.807, 2.05) is 0 Å². The van der Waals surface area contributed by atoms with Crippen LogP contribution in [-0.4, -0.2) is 25.9 Å². The number of aliphatic hydroxyl groups excluding tert-OH is 1. The first kappa shape index (κ1) is 14.3. The average molecular weight is 307 g/mol. The van der Waals surface area contributed by atoms with E-state index in [1.54, 1.807) is 13.8 Å². The molecule has 0 heterocycles. The van der Waals surface area contributed by atoms with Gasteiger partial charge >= 0.3 is 0 Å². The van der Waals surface area contributed by atoms with Crippen molar-refractivity contribution < 1.29 is 19.0 Å². The van der Waals surface area contributed by atoms with E-state index in [-0.39, 0.29) is 11.1 Å². The zero-order valence-corrected chi connectivity index (χ0v) is 11.9. The molecule has 0 aliphatic rings. The molecule has 0 saturated heterocycles. The van der Waals surface area contributed by atoms with Crippen LogP contribution >= 0.6 is 15.9 Å². The minimum atomic E-state index is -0.639. The summed E-state index contributed by atoms with van der Waals surface area (Å²) < 4.78 is 24.4. The van der Waals surface area contributed by atoms with Crippen molar-refractivity contribution in [3.8, 4) is 11.5 Å². The standard InChI is InChI=1S/C12H16BrFO3/c1-12(2,6-15)9-10(13)7(14)5-8(16-3)11(9)17-4/h5,15H,6H2,1-4H3. The summed E-state index contributed by atoms with van der Waals surface area (Å²) in [5.74, 6) is 0.295. The van der Waals surface area contributed by atoms with Crippen LogP contribution in [0.4, 0.5) is 4.39 Å². The van der Waals surface area contributed by atoms with Gasteiger partial charge in [-0.25, -0.2) is 4.39 Å². The lowest BCUT2D eigenvalue weighted by Gasteiger charge is -2.27.